The molecule has 1 N–H and O–H groups in total. The van der Waals surface area contributed by atoms with E-state index < -0.39 is 5.97 Å². The summed E-state index contributed by atoms with van der Waals surface area (Å²) in [6.45, 7) is 0. The number of para-hydroxylation sites is 1. The van der Waals surface area contributed by atoms with Crippen molar-refractivity contribution in [3.05, 3.63) is 65.3 Å². The minimum absolute atomic E-state index is 0.378. The number of aromatic nitrogens is 3. The van der Waals surface area contributed by atoms with E-state index in [0.29, 0.717) is 28.0 Å². The molecule has 0 aliphatic rings. The molecule has 0 spiro atoms. The largest absolute Gasteiger partial charge is 0.465 e. The van der Waals surface area contributed by atoms with Gasteiger partial charge in [-0.1, -0.05) is 29.8 Å². The first-order chi connectivity index (χ1) is 12.6. The number of nitrogens with one attached hydrogen (secondary N) is 1. The van der Waals surface area contributed by atoms with Gasteiger partial charge >= 0.3 is 5.97 Å². The predicted octanol–water partition coefficient (Wildman–Crippen LogP) is 3.82. The molecule has 26 heavy (non-hydrogen) atoms. The predicted molar refractivity (Wildman–Crippen MR) is 100 cm³/mol. The number of hydrogen-bond donors (Lipinski definition) is 1. The number of halogens is 1. The van der Waals surface area contributed by atoms with Crippen molar-refractivity contribution in [1.29, 1.82) is 0 Å². The minimum atomic E-state index is -0.449. The molecule has 7 nitrogen and oxygen atoms in total. The van der Waals surface area contributed by atoms with Gasteiger partial charge in [0.2, 0.25) is 0 Å². The topological polar surface area (TPSA) is 80.2 Å². The first kappa shape index (κ1) is 17.6. The van der Waals surface area contributed by atoms with Crippen LogP contribution in [0.1, 0.15) is 10.4 Å². The SMILES string of the molecule is COC(=O)c1ccc(Cl)c(Nc2cnnc(N(C)c3ccccc3)n2)c1. The third-order valence-electron chi connectivity index (χ3n) is 3.64. The zero-order valence-corrected chi connectivity index (χ0v) is 14.9. The van der Waals surface area contributed by atoms with Crippen molar-refractivity contribution in [2.75, 3.05) is 24.4 Å². The number of hydrogen-bond acceptors (Lipinski definition) is 7. The molecule has 0 unspecified atom stereocenters. The first-order valence-corrected chi connectivity index (χ1v) is 8.09. The maximum atomic E-state index is 11.7. The molecule has 0 saturated carbocycles. The molecule has 3 aromatic rings. The molecular formula is C18H16ClN5O2. The van der Waals surface area contributed by atoms with E-state index in [1.807, 2.05) is 42.3 Å². The summed E-state index contributed by atoms with van der Waals surface area (Å²) in [6, 6.07) is 14.5. The Bertz CT molecular complexity index is 920. The number of ether oxygens (including phenoxy) is 1. The van der Waals surface area contributed by atoms with Crippen LogP contribution in [0.3, 0.4) is 0 Å². The number of anilines is 4. The fourth-order valence-corrected chi connectivity index (χ4v) is 2.43. The third kappa shape index (κ3) is 3.89. The monoisotopic (exact) mass is 369 g/mol. The molecular weight excluding hydrogens is 354 g/mol. The Morgan fingerprint density at radius 3 is 2.69 bits per heavy atom. The molecule has 8 heteroatoms. The first-order valence-electron chi connectivity index (χ1n) is 7.72. The number of esters is 1. The second-order valence-electron chi connectivity index (χ2n) is 5.35. The molecule has 1 aromatic heterocycles. The molecule has 0 saturated heterocycles. The van der Waals surface area contributed by atoms with E-state index in [0.717, 1.165) is 5.69 Å². The van der Waals surface area contributed by atoms with Gasteiger partial charge in [-0.3, -0.25) is 0 Å². The van der Waals surface area contributed by atoms with Crippen molar-refractivity contribution >= 4 is 40.7 Å². The van der Waals surface area contributed by atoms with Gasteiger partial charge in [0.15, 0.2) is 5.82 Å². The van der Waals surface area contributed by atoms with Crippen LogP contribution in [-0.4, -0.2) is 35.3 Å². The van der Waals surface area contributed by atoms with E-state index in [2.05, 4.69) is 20.5 Å². The minimum Gasteiger partial charge on any atom is -0.465 e. The highest BCUT2D eigenvalue weighted by Gasteiger charge is 2.12. The molecule has 0 aliphatic heterocycles. The molecule has 1 heterocycles. The molecule has 2 aromatic carbocycles. The van der Waals surface area contributed by atoms with Gasteiger partial charge in [-0.25, -0.2) is 4.79 Å². The highest BCUT2D eigenvalue weighted by Crippen LogP contribution is 2.27. The van der Waals surface area contributed by atoms with Crippen molar-refractivity contribution in [3.8, 4) is 0 Å². The van der Waals surface area contributed by atoms with Crippen molar-refractivity contribution in [2.45, 2.75) is 0 Å². The van der Waals surface area contributed by atoms with Gasteiger partial charge in [-0.05, 0) is 30.3 Å². The van der Waals surface area contributed by atoms with Crippen LogP contribution in [-0.2, 0) is 4.74 Å². The summed E-state index contributed by atoms with van der Waals surface area (Å²) >= 11 is 6.20. The van der Waals surface area contributed by atoms with E-state index in [4.69, 9.17) is 16.3 Å². The fraction of sp³-hybridized carbons (Fsp3) is 0.111. The summed E-state index contributed by atoms with van der Waals surface area (Å²) in [5, 5.41) is 11.5. The number of carbonyl (C=O) groups excluding carboxylic acids is 1. The summed E-state index contributed by atoms with van der Waals surface area (Å²) in [6.07, 6.45) is 1.48. The highest BCUT2D eigenvalue weighted by molar-refractivity contribution is 6.33. The number of carbonyl (C=O) groups is 1. The molecule has 0 atom stereocenters. The lowest BCUT2D eigenvalue weighted by atomic mass is 10.2. The van der Waals surface area contributed by atoms with Crippen molar-refractivity contribution in [2.24, 2.45) is 0 Å². The van der Waals surface area contributed by atoms with Crippen molar-refractivity contribution < 1.29 is 9.53 Å². The van der Waals surface area contributed by atoms with Crippen LogP contribution < -0.4 is 10.2 Å². The fourth-order valence-electron chi connectivity index (χ4n) is 2.27. The summed E-state index contributed by atoms with van der Waals surface area (Å²) in [5.74, 6) is 0.415. The standard InChI is InChI=1S/C18H16ClN5O2/c1-24(13-6-4-3-5-7-13)18-22-16(11-20-23-18)21-15-10-12(17(25)26-2)8-9-14(15)19/h3-11H,1-2H3,(H,21,22,23). The van der Waals surface area contributed by atoms with Crippen molar-refractivity contribution in [1.82, 2.24) is 15.2 Å². The van der Waals surface area contributed by atoms with E-state index >= 15 is 0 Å². The molecule has 0 fully saturated rings. The van der Waals surface area contributed by atoms with E-state index in [-0.39, 0.29) is 0 Å². The Labute approximate surface area is 155 Å². The summed E-state index contributed by atoms with van der Waals surface area (Å²) in [7, 11) is 3.17. The number of nitrogens with zero attached hydrogens (tertiary/aromatic N) is 4. The molecule has 132 valence electrons. The second-order valence-corrected chi connectivity index (χ2v) is 5.75. The van der Waals surface area contributed by atoms with Gasteiger partial charge in [-0.2, -0.15) is 10.1 Å². The van der Waals surface area contributed by atoms with Gasteiger partial charge in [0, 0.05) is 12.7 Å². The Hall–Kier alpha value is -3.19. The lowest BCUT2D eigenvalue weighted by Gasteiger charge is -2.17. The number of rotatable bonds is 5. The lowest BCUT2D eigenvalue weighted by molar-refractivity contribution is 0.0601. The second kappa shape index (κ2) is 7.79. The van der Waals surface area contributed by atoms with Gasteiger partial charge in [0.1, 0.15) is 0 Å². The molecule has 0 amide bonds. The summed E-state index contributed by atoms with van der Waals surface area (Å²) in [5.41, 5.74) is 1.82. The smallest absolute Gasteiger partial charge is 0.337 e. The summed E-state index contributed by atoms with van der Waals surface area (Å²) < 4.78 is 4.73. The van der Waals surface area contributed by atoms with Crippen LogP contribution in [0.25, 0.3) is 0 Å². The zero-order chi connectivity index (χ0) is 18.5. The zero-order valence-electron chi connectivity index (χ0n) is 14.2. The average Bonchev–Trinajstić information content (AvgIpc) is 2.69. The van der Waals surface area contributed by atoms with Crippen molar-refractivity contribution in [3.63, 3.8) is 0 Å². The van der Waals surface area contributed by atoms with E-state index in [1.165, 1.54) is 13.3 Å². The molecule has 3 rings (SSSR count). The quantitative estimate of drug-likeness (QED) is 0.684. The average molecular weight is 370 g/mol. The van der Waals surface area contributed by atoms with Crippen LogP contribution in [0.2, 0.25) is 5.02 Å². The summed E-state index contributed by atoms with van der Waals surface area (Å²) in [4.78, 5) is 17.9. The third-order valence-corrected chi connectivity index (χ3v) is 3.97. The maximum Gasteiger partial charge on any atom is 0.337 e. The van der Waals surface area contributed by atoms with Gasteiger partial charge in [-0.15, -0.1) is 5.10 Å². The number of benzene rings is 2. The van der Waals surface area contributed by atoms with Crippen LogP contribution in [0, 0.1) is 0 Å². The molecule has 0 aliphatic carbocycles. The lowest BCUT2D eigenvalue weighted by Crippen LogP contribution is -2.14. The molecule has 0 radical (unpaired) electrons. The Balaban J connectivity index is 1.87. The Morgan fingerprint density at radius 1 is 1.19 bits per heavy atom. The molecule has 0 bridgehead atoms. The van der Waals surface area contributed by atoms with Crippen LogP contribution >= 0.6 is 11.6 Å². The Morgan fingerprint density at radius 2 is 1.96 bits per heavy atom. The Kier molecular flexibility index (Phi) is 5.28. The normalized spacial score (nSPS) is 10.3. The van der Waals surface area contributed by atoms with Gasteiger partial charge in [0.05, 0.1) is 29.6 Å². The van der Waals surface area contributed by atoms with Gasteiger partial charge < -0.3 is 15.0 Å². The van der Waals surface area contributed by atoms with Crippen LogP contribution in [0.15, 0.2) is 54.7 Å². The van der Waals surface area contributed by atoms with E-state index in [1.54, 1.807) is 18.2 Å². The number of methoxy groups -OCH3 is 1. The van der Waals surface area contributed by atoms with Gasteiger partial charge in [0.25, 0.3) is 5.95 Å². The van der Waals surface area contributed by atoms with Crippen LogP contribution in [0.5, 0.6) is 0 Å². The van der Waals surface area contributed by atoms with E-state index in [9.17, 15) is 4.79 Å². The van der Waals surface area contributed by atoms with Crippen LogP contribution in [0.4, 0.5) is 23.1 Å². The maximum absolute atomic E-state index is 11.7. The highest BCUT2D eigenvalue weighted by atomic mass is 35.5.